The van der Waals surface area contributed by atoms with Crippen LogP contribution in [0.1, 0.15) is 24.2 Å². The summed E-state index contributed by atoms with van der Waals surface area (Å²) in [6.07, 6.45) is 0. The lowest BCUT2D eigenvalue weighted by Crippen LogP contribution is -2.40. The van der Waals surface area contributed by atoms with Gasteiger partial charge in [-0.2, -0.15) is 0 Å². The SMILES string of the molecule is CC(C)N(CC(=O)O)C(=O)c1ccc2sccc2c1. The highest BCUT2D eigenvalue weighted by molar-refractivity contribution is 7.17. The molecule has 1 N–H and O–H groups in total. The Kier molecular flexibility index (Phi) is 3.85. The van der Waals surface area contributed by atoms with Crippen LogP contribution in [0.5, 0.6) is 0 Å². The second kappa shape index (κ2) is 5.40. The number of benzene rings is 1. The van der Waals surface area contributed by atoms with Gasteiger partial charge in [0, 0.05) is 16.3 Å². The summed E-state index contributed by atoms with van der Waals surface area (Å²) in [5, 5.41) is 11.9. The Morgan fingerprint density at radius 2 is 2.05 bits per heavy atom. The average molecular weight is 277 g/mol. The zero-order valence-corrected chi connectivity index (χ0v) is 11.6. The molecule has 5 heteroatoms. The summed E-state index contributed by atoms with van der Waals surface area (Å²) in [5.41, 5.74) is 0.529. The Hall–Kier alpha value is -1.88. The molecule has 100 valence electrons. The predicted molar refractivity (Wildman–Crippen MR) is 75.6 cm³/mol. The van der Waals surface area contributed by atoms with E-state index in [4.69, 9.17) is 5.11 Å². The maximum atomic E-state index is 12.4. The van der Waals surface area contributed by atoms with Crippen molar-refractivity contribution in [3.8, 4) is 0 Å². The molecule has 0 aliphatic heterocycles. The van der Waals surface area contributed by atoms with E-state index in [1.807, 2.05) is 37.4 Å². The van der Waals surface area contributed by atoms with Crippen LogP contribution in [-0.2, 0) is 4.79 Å². The number of carbonyl (C=O) groups excluding carboxylic acids is 1. The molecule has 0 saturated heterocycles. The van der Waals surface area contributed by atoms with Gasteiger partial charge in [-0.3, -0.25) is 9.59 Å². The van der Waals surface area contributed by atoms with Gasteiger partial charge in [0.15, 0.2) is 0 Å². The summed E-state index contributed by atoms with van der Waals surface area (Å²) in [7, 11) is 0. The third-order valence-electron chi connectivity index (χ3n) is 2.89. The van der Waals surface area contributed by atoms with Crippen LogP contribution in [0.2, 0.25) is 0 Å². The first-order valence-corrected chi connectivity index (χ1v) is 6.87. The van der Waals surface area contributed by atoms with Crippen molar-refractivity contribution >= 4 is 33.3 Å². The van der Waals surface area contributed by atoms with E-state index in [0.717, 1.165) is 10.1 Å². The van der Waals surface area contributed by atoms with Gasteiger partial charge in [0.25, 0.3) is 5.91 Å². The summed E-state index contributed by atoms with van der Waals surface area (Å²) < 4.78 is 1.12. The van der Waals surface area contributed by atoms with Crippen LogP contribution in [0, 0.1) is 0 Å². The first-order valence-electron chi connectivity index (χ1n) is 5.99. The van der Waals surface area contributed by atoms with Crippen LogP contribution in [0.25, 0.3) is 10.1 Å². The van der Waals surface area contributed by atoms with Gasteiger partial charge in [0.05, 0.1) is 0 Å². The Morgan fingerprint density at radius 1 is 1.32 bits per heavy atom. The van der Waals surface area contributed by atoms with E-state index in [9.17, 15) is 9.59 Å². The molecule has 0 unspecified atom stereocenters. The lowest BCUT2D eigenvalue weighted by molar-refractivity contribution is -0.138. The highest BCUT2D eigenvalue weighted by Gasteiger charge is 2.21. The molecule has 4 nitrogen and oxygen atoms in total. The second-order valence-corrected chi connectivity index (χ2v) is 5.54. The number of aliphatic carboxylic acids is 1. The predicted octanol–water partition coefficient (Wildman–Crippen LogP) is 2.84. The van der Waals surface area contributed by atoms with E-state index in [1.54, 1.807) is 17.4 Å². The smallest absolute Gasteiger partial charge is 0.323 e. The number of thiophene rings is 1. The third kappa shape index (κ3) is 2.93. The molecule has 2 aromatic rings. The van der Waals surface area contributed by atoms with Crippen LogP contribution in [-0.4, -0.2) is 34.5 Å². The number of carbonyl (C=O) groups is 2. The molecule has 0 fully saturated rings. The van der Waals surface area contributed by atoms with Crippen molar-refractivity contribution < 1.29 is 14.7 Å². The number of hydrogen-bond donors (Lipinski definition) is 1. The van der Waals surface area contributed by atoms with Gasteiger partial charge in [-0.15, -0.1) is 11.3 Å². The quantitative estimate of drug-likeness (QED) is 0.935. The molecule has 0 saturated carbocycles. The maximum Gasteiger partial charge on any atom is 0.323 e. The Morgan fingerprint density at radius 3 is 2.68 bits per heavy atom. The molecule has 1 aromatic heterocycles. The van der Waals surface area contributed by atoms with Gasteiger partial charge in [0.2, 0.25) is 0 Å². The number of amides is 1. The van der Waals surface area contributed by atoms with Crippen LogP contribution in [0.3, 0.4) is 0 Å². The van der Waals surface area contributed by atoms with E-state index in [-0.39, 0.29) is 18.5 Å². The monoisotopic (exact) mass is 277 g/mol. The number of nitrogens with zero attached hydrogens (tertiary/aromatic N) is 1. The first kappa shape index (κ1) is 13.5. The number of rotatable bonds is 4. The Bertz CT molecular complexity index is 618. The van der Waals surface area contributed by atoms with Crippen LogP contribution >= 0.6 is 11.3 Å². The molecular weight excluding hydrogens is 262 g/mol. The molecule has 1 heterocycles. The third-order valence-corrected chi connectivity index (χ3v) is 3.79. The first-order chi connectivity index (χ1) is 8.99. The lowest BCUT2D eigenvalue weighted by Gasteiger charge is -2.24. The minimum atomic E-state index is -1.00. The fourth-order valence-corrected chi connectivity index (χ4v) is 2.67. The maximum absolute atomic E-state index is 12.4. The molecule has 1 amide bonds. The standard InChI is InChI=1S/C14H15NO3S/c1-9(2)15(8-13(16)17)14(18)11-3-4-12-10(7-11)5-6-19-12/h3-7,9H,8H2,1-2H3,(H,16,17). The summed E-state index contributed by atoms with van der Waals surface area (Å²) >= 11 is 1.61. The Balaban J connectivity index is 2.32. The second-order valence-electron chi connectivity index (χ2n) is 4.59. The van der Waals surface area contributed by atoms with Gasteiger partial charge in [-0.1, -0.05) is 0 Å². The molecule has 0 radical (unpaired) electrons. The lowest BCUT2D eigenvalue weighted by atomic mass is 10.1. The summed E-state index contributed by atoms with van der Waals surface area (Å²) in [6.45, 7) is 3.34. The van der Waals surface area contributed by atoms with E-state index < -0.39 is 5.97 Å². The van der Waals surface area contributed by atoms with Gasteiger partial charge in [-0.05, 0) is 48.9 Å². The fourth-order valence-electron chi connectivity index (χ4n) is 1.90. The summed E-state index contributed by atoms with van der Waals surface area (Å²) in [4.78, 5) is 24.5. The zero-order valence-electron chi connectivity index (χ0n) is 10.8. The van der Waals surface area contributed by atoms with E-state index in [0.29, 0.717) is 5.56 Å². The van der Waals surface area contributed by atoms with Crippen LogP contribution < -0.4 is 0 Å². The van der Waals surface area contributed by atoms with E-state index in [1.165, 1.54) is 4.90 Å². The largest absolute Gasteiger partial charge is 0.480 e. The van der Waals surface area contributed by atoms with Gasteiger partial charge in [-0.25, -0.2) is 0 Å². The molecule has 1 aromatic carbocycles. The van der Waals surface area contributed by atoms with Crippen molar-refractivity contribution in [3.05, 3.63) is 35.2 Å². The number of carboxylic acid groups (broad SMARTS) is 1. The molecule has 0 spiro atoms. The molecule has 0 bridgehead atoms. The van der Waals surface area contributed by atoms with Crippen LogP contribution in [0.15, 0.2) is 29.6 Å². The Labute approximate surface area is 115 Å². The average Bonchev–Trinajstić information content (AvgIpc) is 2.81. The molecular formula is C14H15NO3S. The molecule has 0 atom stereocenters. The van der Waals surface area contributed by atoms with Crippen molar-refractivity contribution in [2.75, 3.05) is 6.54 Å². The van der Waals surface area contributed by atoms with Gasteiger partial charge < -0.3 is 10.0 Å². The zero-order chi connectivity index (χ0) is 14.0. The normalized spacial score (nSPS) is 10.9. The minimum Gasteiger partial charge on any atom is -0.480 e. The van der Waals surface area contributed by atoms with Crippen molar-refractivity contribution in [1.82, 2.24) is 4.90 Å². The van der Waals surface area contributed by atoms with Crippen molar-refractivity contribution in [1.29, 1.82) is 0 Å². The minimum absolute atomic E-state index is 0.151. The number of hydrogen-bond acceptors (Lipinski definition) is 3. The highest BCUT2D eigenvalue weighted by Crippen LogP contribution is 2.22. The van der Waals surface area contributed by atoms with Crippen molar-refractivity contribution in [2.24, 2.45) is 0 Å². The van der Waals surface area contributed by atoms with Gasteiger partial charge in [0.1, 0.15) is 6.54 Å². The fraction of sp³-hybridized carbons (Fsp3) is 0.286. The van der Waals surface area contributed by atoms with Crippen molar-refractivity contribution in [3.63, 3.8) is 0 Å². The number of fused-ring (bicyclic) bond motifs is 1. The van der Waals surface area contributed by atoms with E-state index in [2.05, 4.69) is 0 Å². The summed E-state index contributed by atoms with van der Waals surface area (Å²) in [6, 6.07) is 7.26. The van der Waals surface area contributed by atoms with Crippen molar-refractivity contribution in [2.45, 2.75) is 19.9 Å². The summed E-state index contributed by atoms with van der Waals surface area (Å²) in [5.74, 6) is -1.25. The molecule has 0 aliphatic rings. The van der Waals surface area contributed by atoms with E-state index >= 15 is 0 Å². The number of carboxylic acids is 1. The van der Waals surface area contributed by atoms with Crippen LogP contribution in [0.4, 0.5) is 0 Å². The molecule has 0 aliphatic carbocycles. The topological polar surface area (TPSA) is 57.6 Å². The van der Waals surface area contributed by atoms with Gasteiger partial charge >= 0.3 is 5.97 Å². The molecule has 2 rings (SSSR count). The highest BCUT2D eigenvalue weighted by atomic mass is 32.1. The molecule has 19 heavy (non-hydrogen) atoms.